The molecule has 0 spiro atoms. The van der Waals surface area contributed by atoms with Gasteiger partial charge in [0.15, 0.2) is 11.5 Å². The van der Waals surface area contributed by atoms with Gasteiger partial charge in [0.25, 0.3) is 5.91 Å². The maximum absolute atomic E-state index is 12.6. The van der Waals surface area contributed by atoms with Crippen LogP contribution in [0.15, 0.2) is 48.5 Å². The van der Waals surface area contributed by atoms with Gasteiger partial charge in [-0.15, -0.1) is 0 Å². The SMILES string of the molecule is CCC(=O)N1CCC(C2CCn3c2nc(-c2ccc(Oc4ccccc4)c(OC)c2)c3C(N)=O)CC1. The number of nitrogens with zero attached hydrogens (tertiary/aromatic N) is 3. The molecule has 188 valence electrons. The van der Waals surface area contributed by atoms with E-state index in [0.717, 1.165) is 43.7 Å². The molecule has 3 heterocycles. The van der Waals surface area contributed by atoms with E-state index in [1.807, 2.05) is 64.9 Å². The molecule has 1 atom stereocenters. The average Bonchev–Trinajstić information content (AvgIpc) is 3.48. The first-order chi connectivity index (χ1) is 17.5. The highest BCUT2D eigenvalue weighted by Gasteiger charge is 2.37. The van der Waals surface area contributed by atoms with E-state index in [-0.39, 0.29) is 11.8 Å². The summed E-state index contributed by atoms with van der Waals surface area (Å²) in [6, 6.07) is 15.0. The van der Waals surface area contributed by atoms with Gasteiger partial charge >= 0.3 is 0 Å². The molecule has 1 saturated heterocycles. The smallest absolute Gasteiger partial charge is 0.267 e. The van der Waals surface area contributed by atoms with Crippen LogP contribution < -0.4 is 15.2 Å². The van der Waals surface area contributed by atoms with Gasteiger partial charge in [-0.2, -0.15) is 0 Å². The molecule has 0 radical (unpaired) electrons. The number of amides is 2. The third-order valence-electron chi connectivity index (χ3n) is 7.40. The second-order valence-electron chi connectivity index (χ2n) is 9.43. The Balaban J connectivity index is 1.43. The van der Waals surface area contributed by atoms with Crippen LogP contribution in [0.5, 0.6) is 17.2 Å². The molecule has 1 unspecified atom stereocenters. The van der Waals surface area contributed by atoms with Crippen molar-refractivity contribution in [2.75, 3.05) is 20.2 Å². The number of primary amides is 1. The summed E-state index contributed by atoms with van der Waals surface area (Å²) in [5, 5.41) is 0. The number of carbonyl (C=O) groups excluding carboxylic acids is 2. The molecular weight excluding hydrogens is 456 g/mol. The van der Waals surface area contributed by atoms with Crippen LogP contribution in [-0.2, 0) is 11.3 Å². The van der Waals surface area contributed by atoms with Crippen LogP contribution in [0.4, 0.5) is 0 Å². The van der Waals surface area contributed by atoms with Crippen molar-refractivity contribution in [1.29, 1.82) is 0 Å². The molecule has 36 heavy (non-hydrogen) atoms. The largest absolute Gasteiger partial charge is 0.493 e. The Morgan fingerprint density at radius 2 is 1.78 bits per heavy atom. The number of nitrogens with two attached hydrogens (primary N) is 1. The van der Waals surface area contributed by atoms with Gasteiger partial charge in [-0.3, -0.25) is 9.59 Å². The maximum Gasteiger partial charge on any atom is 0.267 e. The summed E-state index contributed by atoms with van der Waals surface area (Å²) in [4.78, 5) is 31.6. The highest BCUT2D eigenvalue weighted by atomic mass is 16.5. The van der Waals surface area contributed by atoms with Crippen LogP contribution in [0.2, 0.25) is 0 Å². The number of imidazole rings is 1. The zero-order chi connectivity index (χ0) is 25.2. The Hall–Kier alpha value is -3.81. The molecule has 0 saturated carbocycles. The minimum atomic E-state index is -0.489. The second kappa shape index (κ2) is 10.0. The number of hydrogen-bond donors (Lipinski definition) is 1. The molecule has 2 aromatic carbocycles. The van der Waals surface area contributed by atoms with Crippen molar-refractivity contribution in [2.24, 2.45) is 11.7 Å². The third-order valence-corrected chi connectivity index (χ3v) is 7.40. The van der Waals surface area contributed by atoms with Gasteiger partial charge in [0.2, 0.25) is 5.91 Å². The number of carbonyl (C=O) groups is 2. The fourth-order valence-corrected chi connectivity index (χ4v) is 5.56. The number of benzene rings is 2. The Morgan fingerprint density at radius 1 is 1.03 bits per heavy atom. The predicted molar refractivity (Wildman–Crippen MR) is 136 cm³/mol. The number of ether oxygens (including phenoxy) is 2. The Labute approximate surface area is 211 Å². The molecule has 2 N–H and O–H groups in total. The number of aromatic nitrogens is 2. The number of rotatable bonds is 7. The number of fused-ring (bicyclic) bond motifs is 1. The van der Waals surface area contributed by atoms with E-state index >= 15 is 0 Å². The zero-order valence-electron chi connectivity index (χ0n) is 20.8. The molecule has 1 fully saturated rings. The Bertz CT molecular complexity index is 1260. The lowest BCUT2D eigenvalue weighted by Gasteiger charge is -2.34. The number of piperidine rings is 1. The highest BCUT2D eigenvalue weighted by molar-refractivity contribution is 5.97. The zero-order valence-corrected chi connectivity index (χ0v) is 20.8. The van der Waals surface area contributed by atoms with Crippen molar-refractivity contribution in [3.8, 4) is 28.5 Å². The van der Waals surface area contributed by atoms with E-state index in [2.05, 4.69) is 0 Å². The molecule has 8 heteroatoms. The molecular formula is C28H32N4O4. The molecule has 0 bridgehead atoms. The molecule has 2 amide bonds. The van der Waals surface area contributed by atoms with E-state index in [1.54, 1.807) is 7.11 Å². The van der Waals surface area contributed by atoms with Crippen molar-refractivity contribution >= 4 is 11.8 Å². The number of hydrogen-bond acceptors (Lipinski definition) is 5. The average molecular weight is 489 g/mol. The van der Waals surface area contributed by atoms with Gasteiger partial charge in [-0.05, 0) is 55.5 Å². The first-order valence-corrected chi connectivity index (χ1v) is 12.6. The maximum atomic E-state index is 12.6. The summed E-state index contributed by atoms with van der Waals surface area (Å²) in [7, 11) is 1.59. The number of likely N-dealkylation sites (tertiary alicyclic amines) is 1. The van der Waals surface area contributed by atoms with Gasteiger partial charge in [0.1, 0.15) is 23.0 Å². The lowest BCUT2D eigenvalue weighted by atomic mass is 9.83. The van der Waals surface area contributed by atoms with E-state index in [9.17, 15) is 9.59 Å². The monoisotopic (exact) mass is 488 g/mol. The van der Waals surface area contributed by atoms with Crippen LogP contribution in [0.25, 0.3) is 11.3 Å². The van der Waals surface area contributed by atoms with Crippen molar-refractivity contribution < 1.29 is 19.1 Å². The molecule has 2 aliphatic heterocycles. The normalized spacial score (nSPS) is 17.6. The van der Waals surface area contributed by atoms with E-state index in [4.69, 9.17) is 20.2 Å². The second-order valence-corrected chi connectivity index (χ2v) is 9.43. The fourth-order valence-electron chi connectivity index (χ4n) is 5.56. The van der Waals surface area contributed by atoms with Crippen LogP contribution in [-0.4, -0.2) is 46.5 Å². The van der Waals surface area contributed by atoms with Crippen LogP contribution in [0.3, 0.4) is 0 Å². The van der Waals surface area contributed by atoms with Gasteiger partial charge < -0.3 is 24.7 Å². The Morgan fingerprint density at radius 3 is 2.44 bits per heavy atom. The summed E-state index contributed by atoms with van der Waals surface area (Å²) < 4.78 is 13.6. The summed E-state index contributed by atoms with van der Waals surface area (Å²) >= 11 is 0. The first-order valence-electron chi connectivity index (χ1n) is 12.6. The van der Waals surface area contributed by atoms with Crippen LogP contribution in [0.1, 0.15) is 54.8 Å². The molecule has 5 rings (SSSR count). The standard InChI is InChI=1S/C28H32N4O4/c1-3-24(33)31-14-11-18(12-15-31)21-13-16-32-26(27(29)34)25(30-28(21)32)19-9-10-22(23(17-19)35-2)36-20-7-5-4-6-8-20/h4-10,17-18,21H,3,11-16H2,1-2H3,(H2,29,34). The fraction of sp³-hybridized carbons (Fsp3) is 0.393. The molecule has 2 aliphatic rings. The molecule has 8 nitrogen and oxygen atoms in total. The van der Waals surface area contributed by atoms with E-state index in [0.29, 0.717) is 47.5 Å². The van der Waals surface area contributed by atoms with Crippen molar-refractivity contribution in [3.05, 3.63) is 60.0 Å². The molecule has 3 aromatic rings. The van der Waals surface area contributed by atoms with Crippen molar-refractivity contribution in [3.63, 3.8) is 0 Å². The van der Waals surface area contributed by atoms with Gasteiger partial charge in [0, 0.05) is 37.5 Å². The van der Waals surface area contributed by atoms with Gasteiger partial charge in [0.05, 0.1) is 7.11 Å². The van der Waals surface area contributed by atoms with Crippen molar-refractivity contribution in [1.82, 2.24) is 14.5 Å². The summed E-state index contributed by atoms with van der Waals surface area (Å²) in [6.07, 6.45) is 3.37. The highest BCUT2D eigenvalue weighted by Crippen LogP contribution is 2.43. The van der Waals surface area contributed by atoms with E-state index in [1.165, 1.54) is 0 Å². The predicted octanol–water partition coefficient (Wildman–Crippen LogP) is 4.59. The molecule has 0 aliphatic carbocycles. The summed E-state index contributed by atoms with van der Waals surface area (Å²) in [6.45, 7) is 4.18. The third kappa shape index (κ3) is 4.43. The Kier molecular flexibility index (Phi) is 6.67. The number of methoxy groups -OCH3 is 1. The van der Waals surface area contributed by atoms with Crippen molar-refractivity contribution in [2.45, 2.75) is 45.1 Å². The van der Waals surface area contributed by atoms with Gasteiger partial charge in [-0.25, -0.2) is 4.98 Å². The van der Waals surface area contributed by atoms with E-state index < -0.39 is 5.91 Å². The lowest BCUT2D eigenvalue weighted by Crippen LogP contribution is -2.39. The minimum absolute atomic E-state index is 0.216. The quantitative estimate of drug-likeness (QED) is 0.525. The lowest BCUT2D eigenvalue weighted by molar-refractivity contribution is -0.132. The van der Waals surface area contributed by atoms with Gasteiger partial charge in [-0.1, -0.05) is 25.1 Å². The first kappa shape index (κ1) is 23.9. The topological polar surface area (TPSA) is 99.7 Å². The van der Waals surface area contributed by atoms with Crippen LogP contribution >= 0.6 is 0 Å². The minimum Gasteiger partial charge on any atom is -0.493 e. The van der Waals surface area contributed by atoms with Crippen LogP contribution in [0, 0.1) is 5.92 Å². The number of para-hydroxylation sites is 1. The summed E-state index contributed by atoms with van der Waals surface area (Å²) in [5.41, 5.74) is 7.63. The summed E-state index contributed by atoms with van der Waals surface area (Å²) in [5.74, 6) is 3.15. The molecule has 1 aromatic heterocycles.